The van der Waals surface area contributed by atoms with E-state index in [0.29, 0.717) is 0 Å². The number of fused-ring (bicyclic) bond motifs is 3. The van der Waals surface area contributed by atoms with Gasteiger partial charge in [0.25, 0.3) is 0 Å². The molecule has 0 fully saturated rings. The molecule has 0 saturated heterocycles. The Morgan fingerprint density at radius 3 is 1.68 bits per heavy atom. The summed E-state index contributed by atoms with van der Waals surface area (Å²) < 4.78 is 0. The lowest BCUT2D eigenvalue weighted by molar-refractivity contribution is 1.58. The summed E-state index contributed by atoms with van der Waals surface area (Å²) >= 11 is 0. The van der Waals surface area contributed by atoms with Crippen molar-refractivity contribution >= 4 is 32.3 Å². The van der Waals surface area contributed by atoms with Crippen molar-refractivity contribution < 1.29 is 0 Å². The van der Waals surface area contributed by atoms with Gasteiger partial charge in [-0.2, -0.15) is 0 Å². The number of benzene rings is 7. The quantitative estimate of drug-likeness (QED) is 0.171. The maximum absolute atomic E-state index is 3.62. The van der Waals surface area contributed by atoms with Gasteiger partial charge in [0.15, 0.2) is 0 Å². The van der Waals surface area contributed by atoms with Gasteiger partial charge >= 0.3 is 0 Å². The maximum atomic E-state index is 3.62. The van der Waals surface area contributed by atoms with Crippen molar-refractivity contribution in [2.75, 3.05) is 0 Å². The average molecular weight is 481 g/mol. The SMILES string of the molecule is C(#Cc1c2ccccc2c(-c2ccc3ccccc3c2)c2ccccc12)c1ccccc1-c1ccccc1. The van der Waals surface area contributed by atoms with Crippen LogP contribution in [0.3, 0.4) is 0 Å². The van der Waals surface area contributed by atoms with Crippen molar-refractivity contribution in [2.45, 2.75) is 0 Å². The third-order valence-electron chi connectivity index (χ3n) is 7.30. The lowest BCUT2D eigenvalue weighted by Crippen LogP contribution is -1.91. The lowest BCUT2D eigenvalue weighted by Gasteiger charge is -2.15. The summed E-state index contributed by atoms with van der Waals surface area (Å²) in [7, 11) is 0. The average Bonchev–Trinajstić information content (AvgIpc) is 2.99. The van der Waals surface area contributed by atoms with Gasteiger partial charge in [-0.3, -0.25) is 0 Å². The Kier molecular flexibility index (Phi) is 5.47. The van der Waals surface area contributed by atoms with E-state index in [1.807, 2.05) is 6.07 Å². The molecule has 38 heavy (non-hydrogen) atoms. The van der Waals surface area contributed by atoms with Gasteiger partial charge in [0.05, 0.1) is 0 Å². The molecule has 0 atom stereocenters. The van der Waals surface area contributed by atoms with Crippen LogP contribution in [0, 0.1) is 11.8 Å². The van der Waals surface area contributed by atoms with E-state index in [1.165, 1.54) is 49.0 Å². The molecule has 0 aliphatic rings. The van der Waals surface area contributed by atoms with Gasteiger partial charge in [0, 0.05) is 11.1 Å². The standard InChI is InChI=1S/C38H24/c1-2-13-28(14-3-1)32-17-7-6-15-29(32)24-25-35-33-18-8-10-20-36(33)38(37-21-11-9-19-34(35)37)31-23-22-27-12-4-5-16-30(27)26-31/h1-23,26H. The molecule has 0 bridgehead atoms. The zero-order valence-corrected chi connectivity index (χ0v) is 20.9. The molecule has 0 nitrogen and oxygen atoms in total. The van der Waals surface area contributed by atoms with Gasteiger partial charge in [-0.05, 0) is 66.7 Å². The van der Waals surface area contributed by atoms with Crippen molar-refractivity contribution in [3.8, 4) is 34.1 Å². The van der Waals surface area contributed by atoms with Crippen LogP contribution in [0.15, 0.2) is 146 Å². The zero-order valence-electron chi connectivity index (χ0n) is 20.9. The molecule has 0 spiro atoms. The Hall–Kier alpha value is -5.12. The first-order valence-corrected chi connectivity index (χ1v) is 13.0. The molecule has 0 radical (unpaired) electrons. The first kappa shape index (κ1) is 22.1. The molecule has 7 aromatic carbocycles. The monoisotopic (exact) mass is 480 g/mol. The van der Waals surface area contributed by atoms with Gasteiger partial charge in [-0.25, -0.2) is 0 Å². The highest BCUT2D eigenvalue weighted by molar-refractivity contribution is 6.17. The third kappa shape index (κ3) is 3.83. The smallest absolute Gasteiger partial charge is 0.0406 e. The molecule has 0 aliphatic carbocycles. The minimum Gasteiger partial charge on any atom is -0.0622 e. The fourth-order valence-corrected chi connectivity index (χ4v) is 5.51. The Balaban J connectivity index is 1.49. The summed E-state index contributed by atoms with van der Waals surface area (Å²) in [5.74, 6) is 7.16. The number of hydrogen-bond acceptors (Lipinski definition) is 0. The Labute approximate surface area is 222 Å². The van der Waals surface area contributed by atoms with Crippen LogP contribution in [-0.2, 0) is 0 Å². The number of rotatable bonds is 2. The molecule has 7 aromatic rings. The molecular formula is C38H24. The van der Waals surface area contributed by atoms with Crippen molar-refractivity contribution in [1.29, 1.82) is 0 Å². The molecule has 0 heteroatoms. The topological polar surface area (TPSA) is 0 Å². The summed E-state index contributed by atoms with van der Waals surface area (Å²) in [5, 5.41) is 7.31. The van der Waals surface area contributed by atoms with E-state index in [-0.39, 0.29) is 0 Å². The van der Waals surface area contributed by atoms with Gasteiger partial charge < -0.3 is 0 Å². The highest BCUT2D eigenvalue weighted by Crippen LogP contribution is 2.40. The van der Waals surface area contributed by atoms with Crippen LogP contribution in [0.4, 0.5) is 0 Å². The minimum atomic E-state index is 1.03. The molecule has 0 unspecified atom stereocenters. The van der Waals surface area contributed by atoms with E-state index in [1.54, 1.807) is 0 Å². The van der Waals surface area contributed by atoms with Crippen LogP contribution in [0.25, 0.3) is 54.6 Å². The second kappa shape index (κ2) is 9.40. The predicted octanol–water partition coefficient (Wildman–Crippen LogP) is 9.88. The van der Waals surface area contributed by atoms with E-state index < -0.39 is 0 Å². The highest BCUT2D eigenvalue weighted by atomic mass is 14.2. The normalized spacial score (nSPS) is 10.9. The van der Waals surface area contributed by atoms with Crippen LogP contribution in [0.2, 0.25) is 0 Å². The van der Waals surface area contributed by atoms with Crippen LogP contribution in [0.5, 0.6) is 0 Å². The first-order chi connectivity index (χ1) is 18.9. The molecule has 176 valence electrons. The molecule has 0 N–H and O–H groups in total. The first-order valence-electron chi connectivity index (χ1n) is 13.0. The van der Waals surface area contributed by atoms with Crippen LogP contribution in [-0.4, -0.2) is 0 Å². The number of hydrogen-bond donors (Lipinski definition) is 0. The largest absolute Gasteiger partial charge is 0.0622 e. The van der Waals surface area contributed by atoms with Crippen LogP contribution >= 0.6 is 0 Å². The molecule has 0 amide bonds. The second-order valence-corrected chi connectivity index (χ2v) is 9.56. The van der Waals surface area contributed by atoms with Crippen LogP contribution < -0.4 is 0 Å². The fraction of sp³-hybridized carbons (Fsp3) is 0. The van der Waals surface area contributed by atoms with Crippen molar-refractivity contribution in [2.24, 2.45) is 0 Å². The molecule has 0 heterocycles. The highest BCUT2D eigenvalue weighted by Gasteiger charge is 2.14. The molecule has 7 rings (SSSR count). The Morgan fingerprint density at radius 1 is 0.368 bits per heavy atom. The maximum Gasteiger partial charge on any atom is 0.0406 e. The summed E-state index contributed by atoms with van der Waals surface area (Å²) in [6.07, 6.45) is 0. The van der Waals surface area contributed by atoms with Crippen molar-refractivity contribution in [3.05, 3.63) is 157 Å². The minimum absolute atomic E-state index is 1.03. The van der Waals surface area contributed by atoms with E-state index in [0.717, 1.165) is 16.7 Å². The van der Waals surface area contributed by atoms with Crippen molar-refractivity contribution in [1.82, 2.24) is 0 Å². The summed E-state index contributed by atoms with van der Waals surface area (Å²) in [6.45, 7) is 0. The van der Waals surface area contributed by atoms with E-state index in [9.17, 15) is 0 Å². The van der Waals surface area contributed by atoms with Gasteiger partial charge in [0.1, 0.15) is 0 Å². The Morgan fingerprint density at radius 2 is 0.947 bits per heavy atom. The van der Waals surface area contributed by atoms with Gasteiger partial charge in [-0.15, -0.1) is 0 Å². The third-order valence-corrected chi connectivity index (χ3v) is 7.30. The molecule has 0 saturated carbocycles. The second-order valence-electron chi connectivity index (χ2n) is 9.56. The van der Waals surface area contributed by atoms with Gasteiger partial charge in [0.2, 0.25) is 0 Å². The lowest BCUT2D eigenvalue weighted by atomic mass is 9.88. The van der Waals surface area contributed by atoms with Crippen molar-refractivity contribution in [3.63, 3.8) is 0 Å². The summed E-state index contributed by atoms with van der Waals surface area (Å²) in [6, 6.07) is 51.6. The zero-order chi connectivity index (χ0) is 25.3. The summed E-state index contributed by atoms with van der Waals surface area (Å²) in [4.78, 5) is 0. The summed E-state index contributed by atoms with van der Waals surface area (Å²) in [5.41, 5.74) is 6.93. The van der Waals surface area contributed by atoms with E-state index in [2.05, 4.69) is 151 Å². The molecule has 0 aromatic heterocycles. The van der Waals surface area contributed by atoms with E-state index >= 15 is 0 Å². The van der Waals surface area contributed by atoms with Crippen LogP contribution in [0.1, 0.15) is 11.1 Å². The molecule has 0 aliphatic heterocycles. The Bertz CT molecular complexity index is 1960. The van der Waals surface area contributed by atoms with Gasteiger partial charge in [-0.1, -0.05) is 145 Å². The van der Waals surface area contributed by atoms with E-state index in [4.69, 9.17) is 0 Å². The molecular weight excluding hydrogens is 456 g/mol. The fourth-order valence-electron chi connectivity index (χ4n) is 5.51. The predicted molar refractivity (Wildman–Crippen MR) is 162 cm³/mol.